The van der Waals surface area contributed by atoms with Crippen molar-refractivity contribution < 1.29 is 4.79 Å². The maximum absolute atomic E-state index is 10.4. The van der Waals surface area contributed by atoms with Gasteiger partial charge in [0.2, 0.25) is 0 Å². The fourth-order valence-electron chi connectivity index (χ4n) is 1.29. The van der Waals surface area contributed by atoms with Crippen LogP contribution in [0.3, 0.4) is 0 Å². The molecule has 0 unspecified atom stereocenters. The first kappa shape index (κ1) is 8.44. The Balaban J connectivity index is 2.64. The fourth-order valence-corrected chi connectivity index (χ4v) is 1.62. The third-order valence-electron chi connectivity index (χ3n) is 1.89. The molecule has 2 rings (SSSR count). The Morgan fingerprint density at radius 1 is 1.62 bits per heavy atom. The molecule has 0 amide bonds. The Morgan fingerprint density at radius 3 is 3.23 bits per heavy atom. The molecule has 0 spiro atoms. The third kappa shape index (κ3) is 1.49. The van der Waals surface area contributed by atoms with Gasteiger partial charge in [-0.2, -0.15) is 0 Å². The molecule has 0 aromatic carbocycles. The molecular weight excluding hydrogens is 232 g/mol. The van der Waals surface area contributed by atoms with Crippen LogP contribution in [0.5, 0.6) is 0 Å². The van der Waals surface area contributed by atoms with Gasteiger partial charge in [-0.25, -0.2) is 4.98 Å². The lowest BCUT2D eigenvalue weighted by Gasteiger charge is -1.92. The van der Waals surface area contributed by atoms with E-state index in [-0.39, 0.29) is 0 Å². The number of fused-ring (bicyclic) bond motifs is 1. The summed E-state index contributed by atoms with van der Waals surface area (Å²) in [6.07, 6.45) is 4.86. The van der Waals surface area contributed by atoms with Gasteiger partial charge in [-0.3, -0.25) is 0 Å². The third-order valence-corrected chi connectivity index (χ3v) is 2.32. The van der Waals surface area contributed by atoms with Gasteiger partial charge in [0, 0.05) is 28.7 Å². The molecule has 13 heavy (non-hydrogen) atoms. The molecule has 3 nitrogen and oxygen atoms in total. The van der Waals surface area contributed by atoms with Gasteiger partial charge >= 0.3 is 0 Å². The van der Waals surface area contributed by atoms with Crippen LogP contribution >= 0.6 is 15.9 Å². The van der Waals surface area contributed by atoms with Crippen LogP contribution in [0, 0.1) is 0 Å². The molecule has 0 bridgehead atoms. The zero-order valence-electron chi connectivity index (χ0n) is 6.75. The summed E-state index contributed by atoms with van der Waals surface area (Å²) in [5.41, 5.74) is 1.80. The summed E-state index contributed by atoms with van der Waals surface area (Å²) >= 11 is 3.34. The van der Waals surface area contributed by atoms with Gasteiger partial charge in [0.25, 0.3) is 0 Å². The van der Waals surface area contributed by atoms with Crippen molar-refractivity contribution in [3.8, 4) is 0 Å². The number of H-pyrrole nitrogens is 1. The number of aldehydes is 1. The second-order valence-electron chi connectivity index (χ2n) is 2.73. The van der Waals surface area contributed by atoms with Gasteiger partial charge in [-0.15, -0.1) is 0 Å². The van der Waals surface area contributed by atoms with E-state index < -0.39 is 0 Å². The first-order valence-corrected chi connectivity index (χ1v) is 4.65. The van der Waals surface area contributed by atoms with Crippen molar-refractivity contribution >= 4 is 33.2 Å². The Bertz CT molecular complexity index is 450. The first-order valence-electron chi connectivity index (χ1n) is 3.86. The predicted molar refractivity (Wildman–Crippen MR) is 53.6 cm³/mol. The van der Waals surface area contributed by atoms with E-state index in [1.54, 1.807) is 6.20 Å². The summed E-state index contributed by atoms with van der Waals surface area (Å²) in [6, 6.07) is 1.96. The zero-order valence-corrected chi connectivity index (χ0v) is 8.34. The lowest BCUT2D eigenvalue weighted by molar-refractivity contribution is -0.107. The van der Waals surface area contributed by atoms with Crippen LogP contribution in [0.15, 0.2) is 22.9 Å². The summed E-state index contributed by atoms with van der Waals surface area (Å²) in [6.45, 7) is 0. The van der Waals surface area contributed by atoms with Crippen molar-refractivity contribution in [2.45, 2.75) is 6.42 Å². The predicted octanol–water partition coefficient (Wildman–Crippen LogP) is 2.07. The Morgan fingerprint density at radius 2 is 2.46 bits per heavy atom. The molecule has 2 heterocycles. The Labute approximate surface area is 83.3 Å². The van der Waals surface area contributed by atoms with Crippen LogP contribution < -0.4 is 0 Å². The van der Waals surface area contributed by atoms with Crippen LogP contribution in [0.4, 0.5) is 0 Å². The smallest absolute Gasteiger partial charge is 0.137 e. The molecule has 4 heteroatoms. The highest BCUT2D eigenvalue weighted by Gasteiger charge is 2.03. The van der Waals surface area contributed by atoms with Crippen LogP contribution in [0.1, 0.15) is 5.56 Å². The number of hydrogen-bond acceptors (Lipinski definition) is 2. The molecule has 2 aromatic rings. The van der Waals surface area contributed by atoms with Crippen LogP contribution in [-0.4, -0.2) is 16.3 Å². The maximum Gasteiger partial charge on any atom is 0.137 e. The lowest BCUT2D eigenvalue weighted by atomic mass is 10.2. The van der Waals surface area contributed by atoms with Crippen LogP contribution in [0.25, 0.3) is 11.0 Å². The average Bonchev–Trinajstić information content (AvgIpc) is 2.49. The number of carbonyl (C=O) groups is 1. The van der Waals surface area contributed by atoms with E-state index in [1.165, 1.54) is 0 Å². The summed E-state index contributed by atoms with van der Waals surface area (Å²) in [7, 11) is 0. The molecule has 0 aliphatic rings. The number of pyridine rings is 1. The molecule has 66 valence electrons. The van der Waals surface area contributed by atoms with E-state index >= 15 is 0 Å². The van der Waals surface area contributed by atoms with E-state index in [4.69, 9.17) is 0 Å². The van der Waals surface area contributed by atoms with Crippen molar-refractivity contribution in [2.75, 3.05) is 0 Å². The molecule has 0 fully saturated rings. The van der Waals surface area contributed by atoms with Crippen molar-refractivity contribution in [2.24, 2.45) is 0 Å². The first-order chi connectivity index (χ1) is 6.31. The number of halogens is 1. The van der Waals surface area contributed by atoms with E-state index in [2.05, 4.69) is 25.9 Å². The van der Waals surface area contributed by atoms with Gasteiger partial charge in [0.15, 0.2) is 0 Å². The molecule has 0 radical (unpaired) electrons. The highest BCUT2D eigenvalue weighted by molar-refractivity contribution is 9.10. The van der Waals surface area contributed by atoms with Gasteiger partial charge in [-0.05, 0) is 27.6 Å². The number of nitrogens with zero attached hydrogens (tertiary/aromatic N) is 1. The van der Waals surface area contributed by atoms with Crippen molar-refractivity contribution in [3.63, 3.8) is 0 Å². The highest BCUT2D eigenvalue weighted by atomic mass is 79.9. The van der Waals surface area contributed by atoms with Gasteiger partial charge in [-0.1, -0.05) is 0 Å². The number of hydrogen-bond donors (Lipinski definition) is 1. The van der Waals surface area contributed by atoms with E-state index in [0.717, 1.165) is 27.4 Å². The minimum absolute atomic E-state index is 0.429. The Hall–Kier alpha value is -1.16. The molecule has 1 N–H and O–H groups in total. The van der Waals surface area contributed by atoms with Gasteiger partial charge < -0.3 is 9.78 Å². The van der Waals surface area contributed by atoms with Crippen molar-refractivity contribution in [3.05, 3.63) is 28.5 Å². The monoisotopic (exact) mass is 238 g/mol. The molecular formula is C9H7BrN2O. The van der Waals surface area contributed by atoms with E-state index in [9.17, 15) is 4.79 Å². The fraction of sp³-hybridized carbons (Fsp3) is 0.111. The average molecular weight is 239 g/mol. The minimum Gasteiger partial charge on any atom is -0.346 e. The maximum atomic E-state index is 10.4. The quantitative estimate of drug-likeness (QED) is 0.815. The second-order valence-corrected chi connectivity index (χ2v) is 3.65. The number of nitrogens with one attached hydrogen (secondary N) is 1. The highest BCUT2D eigenvalue weighted by Crippen LogP contribution is 2.20. The summed E-state index contributed by atoms with van der Waals surface area (Å²) in [5.74, 6) is 0. The SMILES string of the molecule is O=CCc1c[nH]c2ncc(Br)cc12. The van der Waals surface area contributed by atoms with Gasteiger partial charge in [0.1, 0.15) is 11.9 Å². The van der Waals surface area contributed by atoms with Crippen LogP contribution in [-0.2, 0) is 11.2 Å². The molecule has 2 aromatic heterocycles. The standard InChI is InChI=1S/C9H7BrN2O/c10-7-3-8-6(1-2-13)4-11-9(8)12-5-7/h2-5H,1H2,(H,11,12). The number of aromatic amines is 1. The molecule has 0 saturated heterocycles. The van der Waals surface area contributed by atoms with E-state index in [1.807, 2.05) is 12.3 Å². The molecule has 0 atom stereocenters. The van der Waals surface area contributed by atoms with E-state index in [0.29, 0.717) is 6.42 Å². The largest absolute Gasteiger partial charge is 0.346 e. The Kier molecular flexibility index (Phi) is 2.14. The topological polar surface area (TPSA) is 45.8 Å². The normalized spacial score (nSPS) is 10.5. The molecule has 0 aliphatic carbocycles. The molecule has 0 saturated carbocycles. The number of aromatic nitrogens is 2. The lowest BCUT2D eigenvalue weighted by Crippen LogP contribution is -1.83. The second kappa shape index (κ2) is 3.30. The van der Waals surface area contributed by atoms with Crippen molar-refractivity contribution in [1.82, 2.24) is 9.97 Å². The summed E-state index contributed by atoms with van der Waals surface area (Å²) in [4.78, 5) is 17.5. The minimum atomic E-state index is 0.429. The van der Waals surface area contributed by atoms with Gasteiger partial charge in [0.05, 0.1) is 0 Å². The number of rotatable bonds is 2. The summed E-state index contributed by atoms with van der Waals surface area (Å²) in [5, 5.41) is 1.00. The summed E-state index contributed by atoms with van der Waals surface area (Å²) < 4.78 is 0.923. The number of carbonyl (C=O) groups excluding carboxylic acids is 1. The van der Waals surface area contributed by atoms with Crippen molar-refractivity contribution in [1.29, 1.82) is 0 Å². The zero-order chi connectivity index (χ0) is 9.26. The van der Waals surface area contributed by atoms with Crippen LogP contribution in [0.2, 0.25) is 0 Å². The molecule has 0 aliphatic heterocycles.